The van der Waals surface area contributed by atoms with Gasteiger partial charge in [-0.15, -0.1) is 11.3 Å². The van der Waals surface area contributed by atoms with E-state index in [4.69, 9.17) is 0 Å². The summed E-state index contributed by atoms with van der Waals surface area (Å²) in [7, 11) is 0. The summed E-state index contributed by atoms with van der Waals surface area (Å²) in [6.45, 7) is 21.2. The Kier molecular flexibility index (Phi) is 8.99. The number of thiophene rings is 1. The van der Waals surface area contributed by atoms with Crippen LogP contribution in [0.2, 0.25) is 0 Å². The molecule has 4 atom stereocenters. The van der Waals surface area contributed by atoms with Gasteiger partial charge >= 0.3 is 0 Å². The maximum absolute atomic E-state index is 2.76. The first-order valence-corrected chi connectivity index (χ1v) is 24.5. The number of hydrogen-bond acceptors (Lipinski definition) is 3. The average molecular weight is 821 g/mol. The summed E-state index contributed by atoms with van der Waals surface area (Å²) < 4.78 is 2.85. The Hall–Kier alpha value is -4.28. The van der Waals surface area contributed by atoms with Crippen LogP contribution in [0.25, 0.3) is 10.1 Å². The lowest BCUT2D eigenvalue weighted by molar-refractivity contribution is 0.133. The van der Waals surface area contributed by atoms with E-state index < -0.39 is 0 Å². The molecular formula is C57H65BN2S. The van der Waals surface area contributed by atoms with Crippen molar-refractivity contribution in [3.05, 3.63) is 125 Å². The van der Waals surface area contributed by atoms with E-state index in [1.807, 2.05) is 11.3 Å². The Morgan fingerprint density at radius 2 is 1.15 bits per heavy atom. The number of para-hydroxylation sites is 1. The second-order valence-electron chi connectivity index (χ2n) is 23.2. The summed E-state index contributed by atoms with van der Waals surface area (Å²) >= 11 is 2.03. The molecule has 0 N–H and O–H groups in total. The maximum atomic E-state index is 2.76. The summed E-state index contributed by atoms with van der Waals surface area (Å²) in [5, 5.41) is 1.39. The SMILES string of the molecule is CC(C)(C)c1ccc(N2c3ccccc3B3c4sc5ccc(C(C)(C)C)cc5c4N(c4ccc(C(C)(C)C)cc4)c4cc(C56CCCC7CCC(CC(C7)C5)C6)cc2c43)cc1. The van der Waals surface area contributed by atoms with Crippen LogP contribution in [0.3, 0.4) is 0 Å². The smallest absolute Gasteiger partial charge is 0.264 e. The molecular weight excluding hydrogens is 756 g/mol. The minimum Gasteiger partial charge on any atom is -0.311 e. The Morgan fingerprint density at radius 3 is 1.82 bits per heavy atom. The fraction of sp³-hybridized carbons (Fsp3) is 0.439. The predicted molar refractivity (Wildman–Crippen MR) is 266 cm³/mol. The van der Waals surface area contributed by atoms with Crippen molar-refractivity contribution >= 4 is 78.0 Å². The standard InChI is InChI=1S/C57H65BN2S/c1-54(2,3)39-18-23-43(24-19-39)59-47-15-11-10-14-46(47)58-51-48(59)32-42(57-28-12-13-36-16-17-37(34-57)30-38(29-36)35-57)33-49(51)60(44-25-20-40(21-26-44)55(4,5)6)52-45-31-41(56(7,8)9)22-27-50(45)61-53(52)58/h10-11,14-15,18-27,31-33,36-38H,12-13,16-17,28-30,34-35H2,1-9H3. The van der Waals surface area contributed by atoms with Gasteiger partial charge in [0, 0.05) is 43.3 Å². The van der Waals surface area contributed by atoms with Gasteiger partial charge < -0.3 is 9.80 Å². The number of rotatable bonds is 3. The molecule has 3 aliphatic carbocycles. The van der Waals surface area contributed by atoms with Crippen molar-refractivity contribution in [1.82, 2.24) is 0 Å². The number of fused-ring (bicyclic) bond motifs is 9. The Morgan fingerprint density at radius 1 is 0.574 bits per heavy atom. The second-order valence-corrected chi connectivity index (χ2v) is 24.3. The number of benzene rings is 5. The van der Waals surface area contributed by atoms with Crippen LogP contribution in [0.5, 0.6) is 0 Å². The van der Waals surface area contributed by atoms with Crippen LogP contribution in [0.15, 0.2) is 103 Å². The molecule has 4 unspecified atom stereocenters. The van der Waals surface area contributed by atoms with Gasteiger partial charge in [0.15, 0.2) is 0 Å². The van der Waals surface area contributed by atoms with E-state index in [0.717, 1.165) is 17.8 Å². The van der Waals surface area contributed by atoms with Crippen molar-refractivity contribution < 1.29 is 0 Å². The normalized spacial score (nSPS) is 23.4. The van der Waals surface area contributed by atoms with E-state index in [1.165, 1.54) is 134 Å². The summed E-state index contributed by atoms with van der Waals surface area (Å²) in [4.78, 5) is 5.41. The highest BCUT2D eigenvalue weighted by Crippen LogP contribution is 2.57. The molecule has 5 aliphatic rings. The first kappa shape index (κ1) is 39.6. The lowest BCUT2D eigenvalue weighted by Crippen LogP contribution is -2.60. The van der Waals surface area contributed by atoms with Crippen molar-refractivity contribution in [2.24, 2.45) is 17.8 Å². The molecule has 4 bridgehead atoms. The molecule has 3 heterocycles. The molecule has 5 aromatic carbocycles. The Bertz CT molecular complexity index is 2660. The van der Waals surface area contributed by atoms with Gasteiger partial charge in [0.2, 0.25) is 0 Å². The third kappa shape index (κ3) is 6.47. The summed E-state index contributed by atoms with van der Waals surface area (Å²) in [5.41, 5.74) is 17.0. The lowest BCUT2D eigenvalue weighted by Gasteiger charge is -2.48. The molecule has 4 heteroatoms. The van der Waals surface area contributed by atoms with E-state index in [-0.39, 0.29) is 28.4 Å². The van der Waals surface area contributed by atoms with Crippen LogP contribution in [0.1, 0.15) is 142 Å². The number of nitrogens with zero attached hydrogens (tertiary/aromatic N) is 2. The molecule has 2 nitrogen and oxygen atoms in total. The molecule has 61 heavy (non-hydrogen) atoms. The largest absolute Gasteiger partial charge is 0.311 e. The quantitative estimate of drug-likeness (QED) is 0.164. The maximum Gasteiger partial charge on any atom is 0.264 e. The zero-order valence-corrected chi connectivity index (χ0v) is 39.1. The number of anilines is 6. The van der Waals surface area contributed by atoms with Crippen molar-refractivity contribution in [2.75, 3.05) is 9.80 Å². The molecule has 3 saturated carbocycles. The van der Waals surface area contributed by atoms with Crippen LogP contribution in [0, 0.1) is 17.8 Å². The zero-order chi connectivity index (χ0) is 42.2. The van der Waals surface area contributed by atoms with Crippen LogP contribution in [0.4, 0.5) is 34.1 Å². The fourth-order valence-corrected chi connectivity index (χ4v) is 14.1. The molecule has 11 rings (SSSR count). The molecule has 0 spiro atoms. The first-order chi connectivity index (χ1) is 29.1. The van der Waals surface area contributed by atoms with E-state index in [0.29, 0.717) is 0 Å². The van der Waals surface area contributed by atoms with Crippen LogP contribution in [-0.2, 0) is 21.7 Å². The van der Waals surface area contributed by atoms with Crippen molar-refractivity contribution in [2.45, 2.75) is 142 Å². The van der Waals surface area contributed by atoms with Gasteiger partial charge in [0.05, 0.1) is 5.69 Å². The summed E-state index contributed by atoms with van der Waals surface area (Å²) in [5.74, 6) is 2.63. The zero-order valence-electron chi connectivity index (χ0n) is 38.3. The predicted octanol–water partition coefficient (Wildman–Crippen LogP) is 14.5. The van der Waals surface area contributed by atoms with Gasteiger partial charge in [-0.1, -0.05) is 137 Å². The van der Waals surface area contributed by atoms with Crippen molar-refractivity contribution in [1.29, 1.82) is 0 Å². The minimum atomic E-state index is 0.0454. The van der Waals surface area contributed by atoms with Gasteiger partial charge in [-0.2, -0.15) is 0 Å². The highest BCUT2D eigenvalue weighted by molar-refractivity contribution is 7.33. The van der Waals surface area contributed by atoms with E-state index >= 15 is 0 Å². The topological polar surface area (TPSA) is 6.48 Å². The molecule has 0 amide bonds. The lowest BCUT2D eigenvalue weighted by atomic mass is 9.36. The van der Waals surface area contributed by atoms with E-state index in [2.05, 4.69) is 175 Å². The molecule has 312 valence electrons. The van der Waals surface area contributed by atoms with Crippen LogP contribution >= 0.6 is 11.3 Å². The Balaban J connectivity index is 1.23. The highest BCUT2D eigenvalue weighted by Gasteiger charge is 2.49. The monoisotopic (exact) mass is 820 g/mol. The molecule has 2 aliphatic heterocycles. The molecule has 1 aromatic heterocycles. The molecule has 0 saturated heterocycles. The fourth-order valence-electron chi connectivity index (χ4n) is 12.8. The van der Waals surface area contributed by atoms with Gasteiger partial charge in [-0.05, 0) is 159 Å². The Labute approximate surface area is 370 Å². The van der Waals surface area contributed by atoms with E-state index in [1.54, 1.807) is 5.56 Å². The van der Waals surface area contributed by atoms with Gasteiger partial charge in [-0.25, -0.2) is 0 Å². The van der Waals surface area contributed by atoms with Gasteiger partial charge in [-0.3, -0.25) is 0 Å². The van der Waals surface area contributed by atoms with E-state index in [9.17, 15) is 0 Å². The second kappa shape index (κ2) is 13.9. The molecule has 3 fully saturated rings. The minimum absolute atomic E-state index is 0.0454. The summed E-state index contributed by atoms with van der Waals surface area (Å²) in [6, 6.07) is 41.5. The average Bonchev–Trinajstić information content (AvgIpc) is 3.54. The van der Waals surface area contributed by atoms with Crippen molar-refractivity contribution in [3.63, 3.8) is 0 Å². The molecule has 0 radical (unpaired) electrons. The van der Waals surface area contributed by atoms with Crippen molar-refractivity contribution in [3.8, 4) is 0 Å². The number of hydrogen-bond donors (Lipinski definition) is 0. The molecule has 6 aromatic rings. The summed E-state index contributed by atoms with van der Waals surface area (Å²) in [6.07, 6.45) is 12.5. The van der Waals surface area contributed by atoms with Gasteiger partial charge in [0.1, 0.15) is 0 Å². The van der Waals surface area contributed by atoms with Crippen LogP contribution < -0.4 is 25.5 Å². The van der Waals surface area contributed by atoms with Gasteiger partial charge in [0.25, 0.3) is 6.71 Å². The highest BCUT2D eigenvalue weighted by atomic mass is 32.1. The third-order valence-corrected chi connectivity index (χ3v) is 17.2. The third-order valence-electron chi connectivity index (χ3n) is 16.0. The van der Waals surface area contributed by atoms with Crippen LogP contribution in [-0.4, -0.2) is 6.71 Å². The first-order valence-electron chi connectivity index (χ1n) is 23.7.